The molecule has 1 aromatic rings. The van der Waals surface area contributed by atoms with Gasteiger partial charge in [-0.25, -0.2) is 4.98 Å². The molecular formula is C10H16BrN5O2. The van der Waals surface area contributed by atoms with Gasteiger partial charge in [-0.05, 0) is 43.6 Å². The van der Waals surface area contributed by atoms with Gasteiger partial charge in [0.1, 0.15) is 24.9 Å². The monoisotopic (exact) mass is 317 g/mol. The molecule has 0 aliphatic heterocycles. The summed E-state index contributed by atoms with van der Waals surface area (Å²) in [5, 5.41) is 11.8. The summed E-state index contributed by atoms with van der Waals surface area (Å²) in [6.45, 7) is 7.50. The van der Waals surface area contributed by atoms with E-state index in [-0.39, 0.29) is 12.2 Å². The highest BCUT2D eigenvalue weighted by atomic mass is 79.9. The molecule has 1 heterocycles. The summed E-state index contributed by atoms with van der Waals surface area (Å²) in [7, 11) is 0. The van der Waals surface area contributed by atoms with Crippen molar-refractivity contribution in [2.45, 2.75) is 39.9 Å². The summed E-state index contributed by atoms with van der Waals surface area (Å²) in [6, 6.07) is 0. The van der Waals surface area contributed by atoms with Crippen LogP contribution in [0, 0.1) is 0 Å². The molecule has 0 atom stereocenters. The van der Waals surface area contributed by atoms with Gasteiger partial charge < -0.3 is 9.68 Å². The zero-order valence-electron chi connectivity index (χ0n) is 10.7. The van der Waals surface area contributed by atoms with Crippen molar-refractivity contribution in [2.75, 3.05) is 0 Å². The maximum absolute atomic E-state index is 5.19. The number of aromatic nitrogens is 3. The Kier molecular flexibility index (Phi) is 5.76. The van der Waals surface area contributed by atoms with E-state index in [9.17, 15) is 0 Å². The quantitative estimate of drug-likeness (QED) is 0.473. The Labute approximate surface area is 114 Å². The second-order valence-electron chi connectivity index (χ2n) is 3.95. The lowest BCUT2D eigenvalue weighted by molar-refractivity contribution is 0.0830. The van der Waals surface area contributed by atoms with Gasteiger partial charge in [0.2, 0.25) is 5.84 Å². The van der Waals surface area contributed by atoms with Gasteiger partial charge in [0.15, 0.2) is 4.62 Å². The molecule has 0 radical (unpaired) electrons. The number of oxime groups is 2. The molecule has 8 heteroatoms. The molecule has 0 unspecified atom stereocenters. The van der Waals surface area contributed by atoms with Gasteiger partial charge >= 0.3 is 0 Å². The first-order valence-corrected chi connectivity index (χ1v) is 6.28. The van der Waals surface area contributed by atoms with E-state index in [0.29, 0.717) is 10.5 Å². The van der Waals surface area contributed by atoms with Crippen molar-refractivity contribution in [1.29, 1.82) is 0 Å². The molecule has 100 valence electrons. The van der Waals surface area contributed by atoms with E-state index in [1.54, 1.807) is 0 Å². The third-order valence-electron chi connectivity index (χ3n) is 1.51. The maximum atomic E-state index is 5.19. The summed E-state index contributed by atoms with van der Waals surface area (Å²) in [4.78, 5) is 14.2. The first kappa shape index (κ1) is 14.6. The van der Waals surface area contributed by atoms with Gasteiger partial charge in [-0.2, -0.15) is 9.78 Å². The fraction of sp³-hybridized carbons (Fsp3) is 0.600. The summed E-state index contributed by atoms with van der Waals surface area (Å²) in [5.41, 5.74) is 0. The minimum atomic E-state index is -0.0464. The molecule has 7 nitrogen and oxygen atoms in total. The first-order chi connectivity index (χ1) is 8.50. The van der Waals surface area contributed by atoms with E-state index in [0.717, 1.165) is 0 Å². The molecule has 18 heavy (non-hydrogen) atoms. The van der Waals surface area contributed by atoms with Crippen molar-refractivity contribution in [3.8, 4) is 0 Å². The molecule has 0 amide bonds. The van der Waals surface area contributed by atoms with E-state index in [4.69, 9.17) is 9.68 Å². The van der Waals surface area contributed by atoms with Crippen LogP contribution >= 0.6 is 15.9 Å². The van der Waals surface area contributed by atoms with E-state index in [1.165, 1.54) is 17.3 Å². The highest BCUT2D eigenvalue weighted by molar-refractivity contribution is 9.19. The number of halogens is 1. The van der Waals surface area contributed by atoms with Crippen molar-refractivity contribution in [3.05, 3.63) is 12.7 Å². The number of hydrogen-bond acceptors (Lipinski definition) is 6. The van der Waals surface area contributed by atoms with Crippen LogP contribution < -0.4 is 0 Å². The van der Waals surface area contributed by atoms with Crippen molar-refractivity contribution in [3.63, 3.8) is 0 Å². The third-order valence-corrected chi connectivity index (χ3v) is 2.01. The topological polar surface area (TPSA) is 73.9 Å². The van der Waals surface area contributed by atoms with Crippen molar-refractivity contribution >= 4 is 26.4 Å². The number of rotatable bonds is 5. The lowest BCUT2D eigenvalue weighted by atomic mass is 10.5. The summed E-state index contributed by atoms with van der Waals surface area (Å²) in [5.74, 6) is 0.363. The second kappa shape index (κ2) is 7.10. The minimum Gasteiger partial charge on any atom is -0.392 e. The molecule has 0 saturated carbocycles. The van der Waals surface area contributed by atoms with Crippen LogP contribution in [-0.2, 0) is 9.68 Å². The first-order valence-electron chi connectivity index (χ1n) is 5.49. The third kappa shape index (κ3) is 4.82. The Morgan fingerprint density at radius 3 is 2.28 bits per heavy atom. The average molecular weight is 318 g/mol. The highest BCUT2D eigenvalue weighted by Crippen LogP contribution is 2.02. The predicted molar refractivity (Wildman–Crippen MR) is 71.7 cm³/mol. The fourth-order valence-corrected chi connectivity index (χ4v) is 1.18. The van der Waals surface area contributed by atoms with Crippen LogP contribution in [0.2, 0.25) is 0 Å². The molecule has 0 N–H and O–H groups in total. The molecule has 0 spiro atoms. The van der Waals surface area contributed by atoms with E-state index in [1.807, 2.05) is 27.7 Å². The Morgan fingerprint density at radius 1 is 1.17 bits per heavy atom. The van der Waals surface area contributed by atoms with Gasteiger partial charge in [0, 0.05) is 0 Å². The van der Waals surface area contributed by atoms with E-state index < -0.39 is 0 Å². The van der Waals surface area contributed by atoms with Gasteiger partial charge in [-0.1, -0.05) is 10.3 Å². The fourth-order valence-electron chi connectivity index (χ4n) is 0.839. The Morgan fingerprint density at radius 2 is 1.78 bits per heavy atom. The van der Waals surface area contributed by atoms with Crippen molar-refractivity contribution in [2.24, 2.45) is 10.3 Å². The van der Waals surface area contributed by atoms with Crippen molar-refractivity contribution in [1.82, 2.24) is 14.8 Å². The number of nitrogens with zero attached hydrogens (tertiary/aromatic N) is 5. The number of hydrogen-bond donors (Lipinski definition) is 0. The molecule has 1 rings (SSSR count). The summed E-state index contributed by atoms with van der Waals surface area (Å²) < 4.78 is 1.81. The van der Waals surface area contributed by atoms with Crippen LogP contribution in [-0.4, -0.2) is 37.4 Å². The normalized spacial score (nSPS) is 13.3. The Hall–Kier alpha value is -1.44. The van der Waals surface area contributed by atoms with E-state index >= 15 is 0 Å². The van der Waals surface area contributed by atoms with Crippen LogP contribution in [0.1, 0.15) is 27.7 Å². The van der Waals surface area contributed by atoms with Crippen LogP contribution in [0.4, 0.5) is 0 Å². The zero-order chi connectivity index (χ0) is 13.5. The Bertz CT molecular complexity index is 414. The van der Waals surface area contributed by atoms with Crippen LogP contribution in [0.3, 0.4) is 0 Å². The van der Waals surface area contributed by atoms with E-state index in [2.05, 4.69) is 36.3 Å². The van der Waals surface area contributed by atoms with Crippen LogP contribution in [0.25, 0.3) is 0 Å². The zero-order valence-corrected chi connectivity index (χ0v) is 12.3. The molecule has 0 bridgehead atoms. The molecule has 0 saturated heterocycles. The standard InChI is InChI=1S/C10H16BrN5O2/c1-7(2)17-14-9(11)10(15-18-8(3)4)16-6-12-5-13-16/h5-8H,1-4H3/b14-9-,15-10-. The molecular weight excluding hydrogens is 302 g/mol. The molecule has 0 aliphatic rings. The van der Waals surface area contributed by atoms with Gasteiger partial charge in [0.05, 0.1) is 0 Å². The van der Waals surface area contributed by atoms with Gasteiger partial charge in [0.25, 0.3) is 0 Å². The van der Waals surface area contributed by atoms with Crippen molar-refractivity contribution < 1.29 is 9.68 Å². The van der Waals surface area contributed by atoms with Crippen LogP contribution in [0.15, 0.2) is 23.0 Å². The smallest absolute Gasteiger partial charge is 0.230 e. The Balaban J connectivity index is 2.91. The lowest BCUT2D eigenvalue weighted by Crippen LogP contribution is -2.21. The van der Waals surface area contributed by atoms with Crippen LogP contribution in [0.5, 0.6) is 0 Å². The maximum Gasteiger partial charge on any atom is 0.230 e. The predicted octanol–water partition coefficient (Wildman–Crippen LogP) is 2.00. The second-order valence-corrected chi connectivity index (χ2v) is 4.70. The molecule has 0 fully saturated rings. The molecule has 1 aromatic heterocycles. The largest absolute Gasteiger partial charge is 0.392 e. The average Bonchev–Trinajstić information content (AvgIpc) is 2.79. The minimum absolute atomic E-state index is 0.0273. The SMILES string of the molecule is CC(C)O/N=C(Br)/C(=N/OC(C)C)n1cncn1. The highest BCUT2D eigenvalue weighted by Gasteiger charge is 2.12. The molecule has 0 aliphatic carbocycles. The van der Waals surface area contributed by atoms with Gasteiger partial charge in [-0.3, -0.25) is 0 Å². The summed E-state index contributed by atoms with van der Waals surface area (Å²) >= 11 is 3.27. The van der Waals surface area contributed by atoms with Gasteiger partial charge in [-0.15, -0.1) is 0 Å². The molecule has 0 aromatic carbocycles. The summed E-state index contributed by atoms with van der Waals surface area (Å²) in [6.07, 6.45) is 2.82. The lowest BCUT2D eigenvalue weighted by Gasteiger charge is -2.07.